The third-order valence-electron chi connectivity index (χ3n) is 2.82. The monoisotopic (exact) mass is 286 g/mol. The molecule has 0 aromatic heterocycles. The molecule has 0 N–H and O–H groups in total. The summed E-state index contributed by atoms with van der Waals surface area (Å²) in [5.74, 6) is 0. The summed E-state index contributed by atoms with van der Waals surface area (Å²) in [4.78, 5) is 0. The second-order valence-electron chi connectivity index (χ2n) is 7.24. The molecule has 0 amide bonds. The van der Waals surface area contributed by atoms with Gasteiger partial charge in [0, 0.05) is 32.7 Å². The van der Waals surface area contributed by atoms with E-state index >= 15 is 0 Å². The summed E-state index contributed by atoms with van der Waals surface area (Å²) in [5, 5.41) is 0. The topological polar surface area (TPSA) is 0 Å². The maximum Gasteiger partial charge on any atom is 0 e. The Kier molecular flexibility index (Phi) is 7.57. The van der Waals surface area contributed by atoms with Crippen molar-refractivity contribution in [3.05, 3.63) is 6.92 Å². The molecular weight excluding hydrogens is 257 g/mol. The van der Waals surface area contributed by atoms with Crippen LogP contribution in [0.25, 0.3) is 0 Å². The molecule has 0 heterocycles. The molecule has 0 aliphatic carbocycles. The molecule has 15 heavy (non-hydrogen) atoms. The van der Waals surface area contributed by atoms with Gasteiger partial charge in [-0.3, -0.25) is 0 Å². The average molecular weight is 286 g/mol. The molecule has 0 saturated heterocycles. The molecule has 1 atom stereocenters. The summed E-state index contributed by atoms with van der Waals surface area (Å²) >= 11 is 0. The van der Waals surface area contributed by atoms with Gasteiger partial charge in [0.1, 0.15) is 0 Å². The Morgan fingerprint density at radius 3 is 1.53 bits per heavy atom. The molecule has 0 aromatic carbocycles. The van der Waals surface area contributed by atoms with E-state index in [1.165, 1.54) is 19.3 Å². The molecule has 1 radical (unpaired) electrons. The maximum atomic E-state index is 4.39. The van der Waals surface area contributed by atoms with Gasteiger partial charge in [0.2, 0.25) is 0 Å². The van der Waals surface area contributed by atoms with E-state index in [1.54, 1.807) is 0 Å². The standard InChI is InChI=1S/C14H29.Y/c1-9-13(5,6)11-14(7,8)10-12(2,3)4;/h7,9-11H2,1-6,8H3;/q-1;. The molecule has 0 rings (SSSR count). The van der Waals surface area contributed by atoms with Crippen LogP contribution in [0.2, 0.25) is 0 Å². The largest absolute Gasteiger partial charge is 0.337 e. The van der Waals surface area contributed by atoms with Gasteiger partial charge in [0.15, 0.2) is 0 Å². The summed E-state index contributed by atoms with van der Waals surface area (Å²) in [6, 6.07) is 0. The van der Waals surface area contributed by atoms with Crippen molar-refractivity contribution in [3.8, 4) is 0 Å². The normalized spacial score (nSPS) is 16.8. The van der Waals surface area contributed by atoms with Crippen molar-refractivity contribution < 1.29 is 32.7 Å². The second kappa shape index (κ2) is 6.15. The maximum absolute atomic E-state index is 4.39. The Bertz CT molecular complexity index is 172. The Morgan fingerprint density at radius 2 is 1.27 bits per heavy atom. The van der Waals surface area contributed by atoms with Gasteiger partial charge >= 0.3 is 0 Å². The van der Waals surface area contributed by atoms with Crippen molar-refractivity contribution in [2.75, 3.05) is 0 Å². The van der Waals surface area contributed by atoms with Crippen LogP contribution < -0.4 is 0 Å². The smallest absolute Gasteiger partial charge is 0 e. The fourth-order valence-electron chi connectivity index (χ4n) is 2.62. The second-order valence-corrected chi connectivity index (χ2v) is 7.24. The van der Waals surface area contributed by atoms with E-state index in [-0.39, 0.29) is 38.1 Å². The molecule has 0 saturated carbocycles. The van der Waals surface area contributed by atoms with Crippen LogP contribution >= 0.6 is 0 Å². The first-order valence-corrected chi connectivity index (χ1v) is 5.83. The van der Waals surface area contributed by atoms with Crippen LogP contribution in [0.3, 0.4) is 0 Å². The van der Waals surface area contributed by atoms with E-state index in [0.717, 1.165) is 0 Å². The fourth-order valence-corrected chi connectivity index (χ4v) is 2.62. The first-order chi connectivity index (χ1) is 5.97. The summed E-state index contributed by atoms with van der Waals surface area (Å²) in [5.41, 5.74) is 1.04. The Morgan fingerprint density at radius 1 is 0.867 bits per heavy atom. The Balaban J connectivity index is 0. The molecule has 0 aliphatic heterocycles. The van der Waals surface area contributed by atoms with Gasteiger partial charge in [-0.05, 0) is 10.8 Å². The minimum Gasteiger partial charge on any atom is -0.337 e. The third-order valence-corrected chi connectivity index (χ3v) is 2.82. The van der Waals surface area contributed by atoms with Crippen LogP contribution in [0.4, 0.5) is 0 Å². The van der Waals surface area contributed by atoms with Crippen molar-refractivity contribution in [2.24, 2.45) is 16.2 Å². The molecule has 0 aromatic rings. The van der Waals surface area contributed by atoms with Crippen LogP contribution in [0.15, 0.2) is 0 Å². The minimum absolute atomic E-state index is 0. The van der Waals surface area contributed by atoms with Gasteiger partial charge in [0.25, 0.3) is 0 Å². The van der Waals surface area contributed by atoms with Gasteiger partial charge in [-0.15, -0.1) is 0 Å². The quantitative estimate of drug-likeness (QED) is 0.632. The van der Waals surface area contributed by atoms with E-state index in [1.807, 2.05) is 0 Å². The van der Waals surface area contributed by atoms with Crippen LogP contribution in [0.1, 0.15) is 67.7 Å². The molecule has 0 spiro atoms. The van der Waals surface area contributed by atoms with E-state index in [2.05, 4.69) is 55.4 Å². The summed E-state index contributed by atoms with van der Waals surface area (Å²) in [6.07, 6.45) is 3.65. The zero-order valence-corrected chi connectivity index (χ0v) is 14.7. The van der Waals surface area contributed by atoms with Crippen LogP contribution in [-0.2, 0) is 32.7 Å². The minimum atomic E-state index is 0. The SMILES string of the molecule is [CH2-]C(C)(CC(C)(C)C)CC(C)(C)CC.[Y]. The molecule has 0 aliphatic rings. The molecule has 0 nitrogen and oxygen atoms in total. The summed E-state index contributed by atoms with van der Waals surface area (Å²) in [6.45, 7) is 20.6. The van der Waals surface area contributed by atoms with Gasteiger partial charge in [0.05, 0.1) is 0 Å². The van der Waals surface area contributed by atoms with E-state index < -0.39 is 0 Å². The van der Waals surface area contributed by atoms with Gasteiger partial charge in [-0.2, -0.15) is 5.41 Å². The van der Waals surface area contributed by atoms with Crippen molar-refractivity contribution in [3.63, 3.8) is 0 Å². The van der Waals surface area contributed by atoms with Crippen molar-refractivity contribution in [1.29, 1.82) is 0 Å². The Hall–Kier alpha value is 1.10. The fraction of sp³-hybridized carbons (Fsp3) is 0.929. The zero-order chi connectivity index (χ0) is 11.6. The molecule has 0 bridgehead atoms. The van der Waals surface area contributed by atoms with Gasteiger partial charge in [-0.25, -0.2) is 0 Å². The van der Waals surface area contributed by atoms with Gasteiger partial charge < -0.3 is 6.92 Å². The molecular formula is C14H29Y-. The molecule has 0 fully saturated rings. The number of hydrogen-bond acceptors (Lipinski definition) is 0. The third kappa shape index (κ3) is 10.0. The average Bonchev–Trinajstić information content (AvgIpc) is 1.78. The first-order valence-electron chi connectivity index (χ1n) is 5.83. The van der Waals surface area contributed by atoms with Crippen molar-refractivity contribution in [1.82, 2.24) is 0 Å². The molecule has 1 heteroatoms. The van der Waals surface area contributed by atoms with E-state index in [4.69, 9.17) is 0 Å². The Labute approximate surface area is 123 Å². The van der Waals surface area contributed by atoms with Crippen LogP contribution in [0.5, 0.6) is 0 Å². The molecule has 1 unspecified atom stereocenters. The zero-order valence-electron chi connectivity index (χ0n) is 11.9. The van der Waals surface area contributed by atoms with Gasteiger partial charge in [-0.1, -0.05) is 67.7 Å². The summed E-state index contributed by atoms with van der Waals surface area (Å²) < 4.78 is 0. The summed E-state index contributed by atoms with van der Waals surface area (Å²) in [7, 11) is 0. The number of hydrogen-bond donors (Lipinski definition) is 0. The predicted molar refractivity (Wildman–Crippen MR) is 66.2 cm³/mol. The van der Waals surface area contributed by atoms with Crippen molar-refractivity contribution >= 4 is 0 Å². The van der Waals surface area contributed by atoms with Crippen molar-refractivity contribution in [2.45, 2.75) is 67.7 Å². The van der Waals surface area contributed by atoms with Crippen LogP contribution in [0, 0.1) is 23.2 Å². The van der Waals surface area contributed by atoms with Crippen LogP contribution in [-0.4, -0.2) is 0 Å². The number of rotatable bonds is 4. The van der Waals surface area contributed by atoms with E-state index in [0.29, 0.717) is 10.8 Å². The first kappa shape index (κ1) is 18.5. The van der Waals surface area contributed by atoms with E-state index in [9.17, 15) is 0 Å². The molecule has 89 valence electrons. The predicted octanol–water partition coefficient (Wildman–Crippen LogP) is 5.09.